The van der Waals surface area contributed by atoms with Crippen LogP contribution >= 0.6 is 7.37 Å². The van der Waals surface area contributed by atoms with E-state index in [1.54, 1.807) is 6.20 Å². The van der Waals surface area contributed by atoms with Gasteiger partial charge in [0, 0.05) is 70.9 Å². The van der Waals surface area contributed by atoms with Gasteiger partial charge in [0.2, 0.25) is 0 Å². The fourth-order valence-electron chi connectivity index (χ4n) is 0.899. The molecule has 1 aromatic heterocycles. The third-order valence-electron chi connectivity index (χ3n) is 1.32. The van der Waals surface area contributed by atoms with Gasteiger partial charge in [0.05, 0.1) is 7.37 Å². The molecule has 0 aliphatic carbocycles. The molecule has 5 nitrogen and oxygen atoms in total. The van der Waals surface area contributed by atoms with E-state index in [0.29, 0.717) is 0 Å². The van der Waals surface area contributed by atoms with Gasteiger partial charge in [-0.15, -0.1) is 0 Å². The summed E-state index contributed by atoms with van der Waals surface area (Å²) in [5.41, 5.74) is 0.0596. The summed E-state index contributed by atoms with van der Waals surface area (Å²) in [6.45, 7) is 1.34. The number of ether oxygens (including phenoxy) is 1. The number of rotatable bonds is 3. The number of hydrogen-bond acceptors (Lipinski definition) is 4. The Morgan fingerprint density at radius 2 is 2.38 bits per heavy atom. The summed E-state index contributed by atoms with van der Waals surface area (Å²) in [7, 11) is -2.02. The van der Waals surface area contributed by atoms with Gasteiger partial charge in [-0.25, -0.2) is 4.98 Å². The normalized spacial score (nSPS) is 14.7. The Bertz CT molecular complexity index is 309. The largest absolute Gasteiger partial charge is 0.794 e. The summed E-state index contributed by atoms with van der Waals surface area (Å²) in [4.78, 5) is 14.8. The first-order valence-corrected chi connectivity index (χ1v) is 5.42. The molecule has 1 aromatic rings. The van der Waals surface area contributed by atoms with Gasteiger partial charge in [-0.1, -0.05) is 0 Å². The maximum atomic E-state index is 11.1. The zero-order valence-corrected chi connectivity index (χ0v) is 11.9. The molecule has 0 aromatic carbocycles. The molecule has 0 aliphatic rings. The van der Waals surface area contributed by atoms with Crippen LogP contribution in [0.15, 0.2) is 12.4 Å². The van der Waals surface area contributed by atoms with Crippen molar-refractivity contribution < 1.29 is 14.2 Å². The number of aromatic nitrogens is 2. The molecule has 1 rings (SSSR count). The molecule has 13 heavy (non-hydrogen) atoms. The fraction of sp³-hybridized carbons (Fsp3) is 0.500. The van der Waals surface area contributed by atoms with Crippen LogP contribution in [-0.2, 0) is 16.0 Å². The molecule has 0 fully saturated rings. The van der Waals surface area contributed by atoms with Gasteiger partial charge in [-0.2, -0.15) is 0 Å². The SMILES string of the molecule is COCn1ccnc1P(C)(=O)[O-].[K]. The molecule has 0 amide bonds. The van der Waals surface area contributed by atoms with Crippen molar-refractivity contribution >= 4 is 64.3 Å². The average molecular weight is 228 g/mol. The van der Waals surface area contributed by atoms with E-state index in [-0.39, 0.29) is 63.7 Å². The van der Waals surface area contributed by atoms with Crippen LogP contribution in [-0.4, -0.2) is 74.7 Å². The number of imidazole rings is 1. The Labute approximate surface area is 119 Å². The van der Waals surface area contributed by atoms with E-state index in [1.165, 1.54) is 17.9 Å². The van der Waals surface area contributed by atoms with Crippen molar-refractivity contribution in [2.75, 3.05) is 13.8 Å². The van der Waals surface area contributed by atoms with E-state index in [9.17, 15) is 9.46 Å². The van der Waals surface area contributed by atoms with Gasteiger partial charge >= 0.3 is 0 Å². The summed E-state index contributed by atoms with van der Waals surface area (Å²) < 4.78 is 17.3. The number of methoxy groups -OCH3 is 1. The summed E-state index contributed by atoms with van der Waals surface area (Å²) in [5, 5.41) is 0. The minimum Gasteiger partial charge on any atom is -0.794 e. The van der Waals surface area contributed by atoms with Crippen molar-refractivity contribution in [3.05, 3.63) is 12.4 Å². The second-order valence-electron chi connectivity index (χ2n) is 2.46. The van der Waals surface area contributed by atoms with Crippen LogP contribution in [0.2, 0.25) is 0 Å². The molecule has 0 saturated heterocycles. The van der Waals surface area contributed by atoms with E-state index < -0.39 is 7.37 Å². The molecule has 1 unspecified atom stereocenters. The van der Waals surface area contributed by atoms with Gasteiger partial charge in [0.15, 0.2) is 5.57 Å². The number of nitrogens with zero attached hydrogens (tertiary/aromatic N) is 2. The smallest absolute Gasteiger partial charge is 0.156 e. The van der Waals surface area contributed by atoms with Crippen molar-refractivity contribution in [2.45, 2.75) is 6.73 Å². The first-order chi connectivity index (χ1) is 5.55. The summed E-state index contributed by atoms with van der Waals surface area (Å²) in [6, 6.07) is 0. The molecular weight excluding hydrogens is 218 g/mol. The molecule has 0 spiro atoms. The summed E-state index contributed by atoms with van der Waals surface area (Å²) in [5.74, 6) is 0. The van der Waals surface area contributed by atoms with Gasteiger partial charge in [0.25, 0.3) is 0 Å². The van der Waals surface area contributed by atoms with Crippen molar-refractivity contribution in [3.63, 3.8) is 0 Å². The van der Waals surface area contributed by atoms with Crippen molar-refractivity contribution in [2.24, 2.45) is 0 Å². The van der Waals surface area contributed by atoms with E-state index in [4.69, 9.17) is 4.74 Å². The quantitative estimate of drug-likeness (QED) is 0.491. The van der Waals surface area contributed by atoms with E-state index in [1.807, 2.05) is 0 Å². The Hall–Kier alpha value is 0.996. The zero-order valence-electron chi connectivity index (χ0n) is 7.93. The maximum Gasteiger partial charge on any atom is 0.156 e. The predicted octanol–water partition coefficient (Wildman–Crippen LogP) is -1.00. The molecule has 7 heteroatoms. The van der Waals surface area contributed by atoms with E-state index >= 15 is 0 Å². The first kappa shape index (κ1) is 14.0. The second kappa shape index (κ2) is 5.77. The fourth-order valence-corrected chi connectivity index (χ4v) is 1.77. The van der Waals surface area contributed by atoms with Crippen LogP contribution in [0.25, 0.3) is 0 Å². The molecule has 69 valence electrons. The monoisotopic (exact) mass is 228 g/mol. The predicted molar refractivity (Wildman–Crippen MR) is 48.2 cm³/mol. The van der Waals surface area contributed by atoms with E-state index in [2.05, 4.69) is 4.98 Å². The molecule has 1 heterocycles. The minimum atomic E-state index is -3.52. The number of hydrogen-bond donors (Lipinski definition) is 0. The molecule has 0 bridgehead atoms. The van der Waals surface area contributed by atoms with Gasteiger partial charge < -0.3 is 18.8 Å². The van der Waals surface area contributed by atoms with Crippen LogP contribution in [0.3, 0.4) is 0 Å². The average Bonchev–Trinajstić information content (AvgIpc) is 2.34. The van der Waals surface area contributed by atoms with E-state index in [0.717, 1.165) is 6.66 Å². The Morgan fingerprint density at radius 1 is 1.77 bits per heavy atom. The Kier molecular flexibility index (Phi) is 6.22. The topological polar surface area (TPSA) is 67.2 Å². The van der Waals surface area contributed by atoms with Crippen molar-refractivity contribution in [1.82, 2.24) is 9.55 Å². The van der Waals surface area contributed by atoms with Crippen molar-refractivity contribution in [1.29, 1.82) is 0 Å². The molecule has 1 radical (unpaired) electrons. The first-order valence-electron chi connectivity index (χ1n) is 3.35. The standard InChI is InChI=1S/C6H11N2O3P.K/c1-11-5-8-4-3-7-6(8)12(2,9)10;/h3-4H,5H2,1-2H3,(H,9,10);/p-1. The van der Waals surface area contributed by atoms with Crippen molar-refractivity contribution in [3.8, 4) is 0 Å². The third-order valence-corrected chi connectivity index (χ3v) is 2.42. The maximum absolute atomic E-state index is 11.1. The van der Waals surface area contributed by atoms with Crippen LogP contribution in [0.1, 0.15) is 0 Å². The van der Waals surface area contributed by atoms with Gasteiger partial charge in [0.1, 0.15) is 6.73 Å². The molecule has 0 saturated carbocycles. The van der Waals surface area contributed by atoms with Gasteiger partial charge in [-0.05, 0) is 6.66 Å². The van der Waals surface area contributed by atoms with Crippen LogP contribution in [0, 0.1) is 0 Å². The van der Waals surface area contributed by atoms with Crippen LogP contribution < -0.4 is 10.5 Å². The molecular formula is C6H10KN2O3P-. The summed E-state index contributed by atoms with van der Waals surface area (Å²) in [6.07, 6.45) is 3.00. The zero-order chi connectivity index (χ0) is 9.19. The van der Waals surface area contributed by atoms with Gasteiger partial charge in [-0.3, -0.25) is 0 Å². The van der Waals surface area contributed by atoms with Crippen LogP contribution in [0.5, 0.6) is 0 Å². The van der Waals surface area contributed by atoms with Crippen LogP contribution in [0.4, 0.5) is 0 Å². The third kappa shape index (κ3) is 3.93. The molecule has 1 atom stereocenters. The Morgan fingerprint density at radius 3 is 2.85 bits per heavy atom. The molecule has 0 N–H and O–H groups in total. The second-order valence-corrected chi connectivity index (χ2v) is 4.55. The molecule has 0 aliphatic heterocycles. The minimum absolute atomic E-state index is 0. The summed E-state index contributed by atoms with van der Waals surface area (Å²) >= 11 is 0. The Balaban J connectivity index is 0.00000144.